The standard InChI is InChI=1S/C21H16N2O3/c24-19-15-8-4-5-9-16(15)20(25)18(19)17-12-14(22-21(26)23-17)11-10-13-6-2-1-3-7-13/h1-11,14,18H,12H2,(H,22,26)/b11-10+. The highest BCUT2D eigenvalue weighted by Crippen LogP contribution is 2.29. The predicted molar refractivity (Wildman–Crippen MR) is 98.4 cm³/mol. The third-order valence-electron chi connectivity index (χ3n) is 4.62. The smallest absolute Gasteiger partial charge is 0.330 e. The summed E-state index contributed by atoms with van der Waals surface area (Å²) in [6, 6.07) is 15.6. The van der Waals surface area contributed by atoms with Gasteiger partial charge >= 0.3 is 6.03 Å². The van der Waals surface area contributed by atoms with Crippen LogP contribution in [0.25, 0.3) is 6.08 Å². The number of nitrogens with zero attached hydrogens (tertiary/aromatic N) is 1. The molecule has 5 nitrogen and oxygen atoms in total. The fourth-order valence-corrected chi connectivity index (χ4v) is 3.38. The molecule has 5 heteroatoms. The van der Waals surface area contributed by atoms with Crippen molar-refractivity contribution in [1.29, 1.82) is 0 Å². The zero-order chi connectivity index (χ0) is 18.1. The van der Waals surface area contributed by atoms with E-state index in [1.165, 1.54) is 0 Å². The summed E-state index contributed by atoms with van der Waals surface area (Å²) in [5.74, 6) is -1.53. The maximum atomic E-state index is 12.6. The normalized spacial score (nSPS) is 20.2. The third-order valence-corrected chi connectivity index (χ3v) is 4.62. The molecule has 0 saturated heterocycles. The Hall–Kier alpha value is -3.34. The maximum absolute atomic E-state index is 12.6. The molecular formula is C21H16N2O3. The van der Waals surface area contributed by atoms with Gasteiger partial charge in [0.25, 0.3) is 0 Å². The molecule has 1 aliphatic carbocycles. The van der Waals surface area contributed by atoms with Crippen molar-refractivity contribution in [3.63, 3.8) is 0 Å². The van der Waals surface area contributed by atoms with Crippen molar-refractivity contribution < 1.29 is 14.4 Å². The molecule has 0 saturated carbocycles. The summed E-state index contributed by atoms with van der Waals surface area (Å²) < 4.78 is 0. The topological polar surface area (TPSA) is 75.6 Å². The number of nitrogens with one attached hydrogen (secondary N) is 1. The van der Waals surface area contributed by atoms with Crippen LogP contribution in [0.3, 0.4) is 0 Å². The van der Waals surface area contributed by atoms with Gasteiger partial charge < -0.3 is 5.32 Å². The van der Waals surface area contributed by atoms with Gasteiger partial charge in [-0.15, -0.1) is 0 Å². The van der Waals surface area contributed by atoms with Gasteiger partial charge in [-0.25, -0.2) is 9.79 Å². The average molecular weight is 344 g/mol. The molecule has 128 valence electrons. The van der Waals surface area contributed by atoms with Crippen molar-refractivity contribution in [2.45, 2.75) is 12.5 Å². The van der Waals surface area contributed by atoms with E-state index in [-0.39, 0.29) is 17.6 Å². The third kappa shape index (κ3) is 2.88. The second kappa shape index (κ2) is 6.52. The molecule has 1 heterocycles. The molecule has 1 N–H and O–H groups in total. The lowest BCUT2D eigenvalue weighted by atomic mass is 9.91. The zero-order valence-electron chi connectivity index (χ0n) is 13.9. The van der Waals surface area contributed by atoms with Crippen molar-refractivity contribution in [1.82, 2.24) is 5.32 Å². The molecule has 0 bridgehead atoms. The number of carbonyl (C=O) groups excluding carboxylic acids is 3. The molecule has 0 radical (unpaired) electrons. The predicted octanol–water partition coefficient (Wildman–Crippen LogP) is 3.32. The first-order valence-electron chi connectivity index (χ1n) is 8.42. The lowest BCUT2D eigenvalue weighted by molar-refractivity contribution is 0.0882. The van der Waals surface area contributed by atoms with Gasteiger partial charge in [0, 0.05) is 23.3 Å². The van der Waals surface area contributed by atoms with Crippen LogP contribution in [0, 0.1) is 5.92 Å². The van der Waals surface area contributed by atoms with Crippen LogP contribution in [-0.4, -0.2) is 29.4 Å². The summed E-state index contributed by atoms with van der Waals surface area (Å²) >= 11 is 0. The van der Waals surface area contributed by atoms with Gasteiger partial charge in [-0.05, 0) is 5.56 Å². The van der Waals surface area contributed by atoms with Gasteiger partial charge in [0.05, 0.1) is 6.04 Å². The highest BCUT2D eigenvalue weighted by molar-refractivity contribution is 6.37. The van der Waals surface area contributed by atoms with E-state index in [4.69, 9.17) is 0 Å². The van der Waals surface area contributed by atoms with Crippen LogP contribution in [0.2, 0.25) is 0 Å². The van der Waals surface area contributed by atoms with Gasteiger partial charge in [-0.2, -0.15) is 0 Å². The Kier molecular flexibility index (Phi) is 4.05. The van der Waals surface area contributed by atoms with Crippen LogP contribution in [0.5, 0.6) is 0 Å². The van der Waals surface area contributed by atoms with Crippen LogP contribution < -0.4 is 5.32 Å². The van der Waals surface area contributed by atoms with E-state index < -0.39 is 11.9 Å². The highest BCUT2D eigenvalue weighted by Gasteiger charge is 2.43. The number of hydrogen-bond acceptors (Lipinski definition) is 3. The van der Waals surface area contributed by atoms with Crippen molar-refractivity contribution in [2.75, 3.05) is 0 Å². The van der Waals surface area contributed by atoms with Crippen molar-refractivity contribution in [3.05, 3.63) is 77.4 Å². The molecule has 1 atom stereocenters. The molecule has 0 fully saturated rings. The molecule has 4 rings (SSSR count). The van der Waals surface area contributed by atoms with E-state index in [1.54, 1.807) is 24.3 Å². The monoisotopic (exact) mass is 344 g/mol. The lowest BCUT2D eigenvalue weighted by Gasteiger charge is -2.22. The van der Waals surface area contributed by atoms with E-state index in [0.717, 1.165) is 5.56 Å². The quantitative estimate of drug-likeness (QED) is 0.868. The van der Waals surface area contributed by atoms with Crippen LogP contribution in [0.4, 0.5) is 4.79 Å². The minimum atomic E-state index is -0.980. The average Bonchev–Trinajstić information content (AvgIpc) is 2.92. The molecule has 1 aliphatic heterocycles. The summed E-state index contributed by atoms with van der Waals surface area (Å²) in [7, 11) is 0. The maximum Gasteiger partial charge on any atom is 0.341 e. The molecule has 0 aromatic heterocycles. The van der Waals surface area contributed by atoms with E-state index in [9.17, 15) is 14.4 Å². The van der Waals surface area contributed by atoms with Crippen LogP contribution in [0.1, 0.15) is 32.7 Å². The fourth-order valence-electron chi connectivity index (χ4n) is 3.38. The number of Topliss-reactive ketones (excluding diaryl/α,β-unsaturated/α-hetero) is 2. The van der Waals surface area contributed by atoms with Crippen LogP contribution in [-0.2, 0) is 0 Å². The van der Waals surface area contributed by atoms with E-state index >= 15 is 0 Å². The Labute approximate surface area is 150 Å². The number of aliphatic imine (C=N–C) groups is 1. The first kappa shape index (κ1) is 16.1. The summed E-state index contributed by atoms with van der Waals surface area (Å²) in [6.07, 6.45) is 4.10. The number of hydrogen-bond donors (Lipinski definition) is 1. The molecular weight excluding hydrogens is 328 g/mol. The van der Waals surface area contributed by atoms with Gasteiger partial charge in [-0.3, -0.25) is 9.59 Å². The Morgan fingerprint density at radius 1 is 0.885 bits per heavy atom. The second-order valence-corrected chi connectivity index (χ2v) is 6.34. The van der Waals surface area contributed by atoms with E-state index in [2.05, 4.69) is 10.3 Å². The van der Waals surface area contributed by atoms with Gasteiger partial charge in [0.2, 0.25) is 0 Å². The minimum Gasteiger partial charge on any atom is -0.330 e. The molecule has 26 heavy (non-hydrogen) atoms. The van der Waals surface area contributed by atoms with Gasteiger partial charge in [0.1, 0.15) is 5.92 Å². The number of rotatable bonds is 3. The van der Waals surface area contributed by atoms with E-state index in [0.29, 0.717) is 23.3 Å². The highest BCUT2D eigenvalue weighted by atomic mass is 16.2. The second-order valence-electron chi connectivity index (χ2n) is 6.34. The lowest BCUT2D eigenvalue weighted by Crippen LogP contribution is -2.42. The molecule has 1 unspecified atom stereocenters. The van der Waals surface area contributed by atoms with Crippen molar-refractivity contribution >= 4 is 29.4 Å². The number of urea groups is 1. The molecule has 2 amide bonds. The minimum absolute atomic E-state index is 0.273. The van der Waals surface area contributed by atoms with E-state index in [1.807, 2.05) is 42.5 Å². The summed E-state index contributed by atoms with van der Waals surface area (Å²) in [5, 5.41) is 2.76. The summed E-state index contributed by atoms with van der Waals surface area (Å²) in [5.41, 5.74) is 2.16. The Bertz CT molecular complexity index is 925. The zero-order valence-corrected chi connectivity index (χ0v) is 13.9. The SMILES string of the molecule is O=C1N=C(C2C(=O)c3ccccc3C2=O)CC(/C=C/c2ccccc2)N1. The van der Waals surface area contributed by atoms with Crippen LogP contribution >= 0.6 is 0 Å². The first-order valence-corrected chi connectivity index (χ1v) is 8.42. The Balaban J connectivity index is 1.58. The number of carbonyl (C=O) groups is 3. The largest absolute Gasteiger partial charge is 0.341 e. The van der Waals surface area contributed by atoms with Gasteiger partial charge in [0.15, 0.2) is 11.6 Å². The Morgan fingerprint density at radius 3 is 2.15 bits per heavy atom. The summed E-state index contributed by atoms with van der Waals surface area (Å²) in [6.45, 7) is 0. The fraction of sp³-hybridized carbons (Fsp3) is 0.143. The number of ketones is 2. The number of fused-ring (bicyclic) bond motifs is 1. The van der Waals surface area contributed by atoms with Crippen molar-refractivity contribution in [3.8, 4) is 0 Å². The van der Waals surface area contributed by atoms with Crippen LogP contribution in [0.15, 0.2) is 65.7 Å². The molecule has 2 aromatic rings. The molecule has 2 aromatic carbocycles. The molecule has 0 spiro atoms. The molecule has 2 aliphatic rings. The number of benzene rings is 2. The van der Waals surface area contributed by atoms with Crippen molar-refractivity contribution in [2.24, 2.45) is 10.9 Å². The first-order chi connectivity index (χ1) is 12.6. The number of amides is 2. The van der Waals surface area contributed by atoms with Gasteiger partial charge in [-0.1, -0.05) is 66.7 Å². The summed E-state index contributed by atoms with van der Waals surface area (Å²) in [4.78, 5) is 41.2. The Morgan fingerprint density at radius 2 is 1.50 bits per heavy atom.